The third kappa shape index (κ3) is 2.02. The van der Waals surface area contributed by atoms with Crippen LogP contribution < -0.4 is 10.6 Å². The number of anilines is 1. The van der Waals surface area contributed by atoms with Crippen LogP contribution in [0.3, 0.4) is 0 Å². The Kier molecular flexibility index (Phi) is 3.15. The lowest BCUT2D eigenvalue weighted by atomic mass is 9.73. The molecule has 0 radical (unpaired) electrons. The Morgan fingerprint density at radius 1 is 1.23 bits per heavy atom. The molecule has 0 bridgehead atoms. The molecule has 1 aliphatic heterocycles. The number of fused-ring (bicyclic) bond motifs is 1. The Balaban J connectivity index is 1.56. The molecule has 1 aliphatic carbocycles. The number of hydrogen-bond donors (Lipinski definition) is 1. The number of aryl methyl sites for hydroxylation is 1. The summed E-state index contributed by atoms with van der Waals surface area (Å²) in [5, 5.41) is 0. The fraction of sp³-hybridized carbons (Fsp3) is 0.444. The van der Waals surface area contributed by atoms with Gasteiger partial charge < -0.3 is 10.6 Å². The first-order valence-electron chi connectivity index (χ1n) is 8.05. The van der Waals surface area contributed by atoms with Gasteiger partial charge in [-0.1, -0.05) is 18.2 Å². The van der Waals surface area contributed by atoms with E-state index in [2.05, 4.69) is 40.0 Å². The Labute approximate surface area is 131 Å². The van der Waals surface area contributed by atoms with Gasteiger partial charge in [-0.25, -0.2) is 4.98 Å². The van der Waals surface area contributed by atoms with Crippen LogP contribution in [0.5, 0.6) is 0 Å². The summed E-state index contributed by atoms with van der Waals surface area (Å²) in [6, 6.07) is 6.74. The maximum absolute atomic E-state index is 6.66. The predicted octanol–water partition coefficient (Wildman–Crippen LogP) is 2.63. The zero-order chi connectivity index (χ0) is 15.2. The Bertz CT molecular complexity index is 675. The lowest BCUT2D eigenvalue weighted by molar-refractivity contribution is 0.187. The smallest absolute Gasteiger partial charge is 0.147 e. The van der Waals surface area contributed by atoms with Crippen LogP contribution in [0.15, 0.2) is 36.8 Å². The molecule has 1 aromatic carbocycles. The molecule has 4 heteroatoms. The van der Waals surface area contributed by atoms with Crippen molar-refractivity contribution in [3.63, 3.8) is 0 Å². The Hall–Kier alpha value is -1.94. The number of nitrogens with zero attached hydrogens (tertiary/aromatic N) is 3. The van der Waals surface area contributed by atoms with Gasteiger partial charge in [0.1, 0.15) is 5.82 Å². The number of aromatic nitrogens is 2. The summed E-state index contributed by atoms with van der Waals surface area (Å²) in [6.45, 7) is 4.23. The summed E-state index contributed by atoms with van der Waals surface area (Å²) in [5.41, 5.74) is 11.1. The van der Waals surface area contributed by atoms with Gasteiger partial charge in [0, 0.05) is 31.5 Å². The molecule has 2 N–H and O–H groups in total. The number of benzene rings is 1. The molecule has 0 amide bonds. The third-order valence-corrected chi connectivity index (χ3v) is 5.60. The van der Waals surface area contributed by atoms with Gasteiger partial charge >= 0.3 is 0 Å². The van der Waals surface area contributed by atoms with Crippen LogP contribution in [0, 0.1) is 12.3 Å². The van der Waals surface area contributed by atoms with Crippen LogP contribution in [0.1, 0.15) is 35.6 Å². The average Bonchev–Trinajstić information content (AvgIpc) is 2.84. The quantitative estimate of drug-likeness (QED) is 0.878. The van der Waals surface area contributed by atoms with E-state index in [0.717, 1.165) is 38.2 Å². The highest BCUT2D eigenvalue weighted by molar-refractivity contribution is 5.44. The lowest BCUT2D eigenvalue weighted by Crippen LogP contribution is -2.44. The van der Waals surface area contributed by atoms with Crippen molar-refractivity contribution < 1.29 is 0 Å². The van der Waals surface area contributed by atoms with Crippen molar-refractivity contribution in [1.82, 2.24) is 9.97 Å². The summed E-state index contributed by atoms with van der Waals surface area (Å²) < 4.78 is 0. The molecule has 1 aromatic heterocycles. The van der Waals surface area contributed by atoms with Gasteiger partial charge in [-0.3, -0.25) is 4.98 Å². The number of hydrogen-bond acceptors (Lipinski definition) is 4. The van der Waals surface area contributed by atoms with E-state index in [-0.39, 0.29) is 11.5 Å². The first kappa shape index (κ1) is 13.7. The van der Waals surface area contributed by atoms with Gasteiger partial charge in [-0.05, 0) is 48.3 Å². The third-order valence-electron chi connectivity index (χ3n) is 5.60. The van der Waals surface area contributed by atoms with E-state index < -0.39 is 0 Å². The van der Waals surface area contributed by atoms with Gasteiger partial charge in [-0.15, -0.1) is 0 Å². The molecular formula is C18H22N4. The molecular weight excluding hydrogens is 272 g/mol. The maximum Gasteiger partial charge on any atom is 0.147 e. The van der Waals surface area contributed by atoms with Gasteiger partial charge in [0.2, 0.25) is 0 Å². The second kappa shape index (κ2) is 5.06. The van der Waals surface area contributed by atoms with Crippen LogP contribution in [0.25, 0.3) is 0 Å². The van der Waals surface area contributed by atoms with Gasteiger partial charge in [0.15, 0.2) is 0 Å². The molecule has 1 unspecified atom stereocenters. The van der Waals surface area contributed by atoms with Crippen molar-refractivity contribution in [2.45, 2.75) is 32.2 Å². The fourth-order valence-electron chi connectivity index (χ4n) is 4.17. The summed E-state index contributed by atoms with van der Waals surface area (Å²) in [6.07, 6.45) is 8.72. The number of piperidine rings is 1. The highest BCUT2D eigenvalue weighted by Gasteiger charge is 2.46. The summed E-state index contributed by atoms with van der Waals surface area (Å²) in [4.78, 5) is 10.9. The highest BCUT2D eigenvalue weighted by atomic mass is 15.2. The van der Waals surface area contributed by atoms with Crippen LogP contribution in [0.2, 0.25) is 0 Å². The van der Waals surface area contributed by atoms with E-state index >= 15 is 0 Å². The minimum Gasteiger partial charge on any atom is -0.355 e. The Morgan fingerprint density at radius 3 is 2.73 bits per heavy atom. The van der Waals surface area contributed by atoms with E-state index in [9.17, 15) is 0 Å². The normalized spacial score (nSPS) is 22.8. The van der Waals surface area contributed by atoms with Crippen molar-refractivity contribution in [3.05, 3.63) is 53.5 Å². The molecule has 22 heavy (non-hydrogen) atoms. The molecule has 1 fully saturated rings. The molecule has 4 nitrogen and oxygen atoms in total. The predicted molar refractivity (Wildman–Crippen MR) is 87.7 cm³/mol. The Morgan fingerprint density at radius 2 is 2.05 bits per heavy atom. The lowest BCUT2D eigenvalue weighted by Gasteiger charge is -2.42. The molecule has 2 aromatic rings. The molecule has 2 aliphatic rings. The summed E-state index contributed by atoms with van der Waals surface area (Å²) in [7, 11) is 0. The van der Waals surface area contributed by atoms with Crippen molar-refractivity contribution in [2.24, 2.45) is 11.1 Å². The van der Waals surface area contributed by atoms with Crippen LogP contribution in [-0.4, -0.2) is 23.1 Å². The second-order valence-electron chi connectivity index (χ2n) is 6.71. The van der Waals surface area contributed by atoms with Crippen molar-refractivity contribution in [2.75, 3.05) is 18.0 Å². The van der Waals surface area contributed by atoms with E-state index in [1.165, 1.54) is 16.7 Å². The van der Waals surface area contributed by atoms with E-state index in [1.807, 2.05) is 6.20 Å². The highest BCUT2D eigenvalue weighted by Crippen LogP contribution is 2.51. The van der Waals surface area contributed by atoms with E-state index in [1.54, 1.807) is 12.4 Å². The van der Waals surface area contributed by atoms with E-state index in [4.69, 9.17) is 5.73 Å². The zero-order valence-corrected chi connectivity index (χ0v) is 13.0. The van der Waals surface area contributed by atoms with Crippen molar-refractivity contribution in [3.8, 4) is 0 Å². The van der Waals surface area contributed by atoms with Crippen LogP contribution in [-0.2, 0) is 6.42 Å². The van der Waals surface area contributed by atoms with Gasteiger partial charge in [0.25, 0.3) is 0 Å². The molecule has 1 atom stereocenters. The topological polar surface area (TPSA) is 55.0 Å². The van der Waals surface area contributed by atoms with Crippen molar-refractivity contribution >= 4 is 5.82 Å². The fourth-order valence-corrected chi connectivity index (χ4v) is 4.17. The number of nitrogens with two attached hydrogens (primary N) is 1. The monoisotopic (exact) mass is 294 g/mol. The number of rotatable bonds is 1. The standard InChI is InChI=1S/C18H22N4/c1-13-3-2-4-14-15(13)11-18(17(14)19)5-9-22(10-6-18)16-12-20-7-8-21-16/h2-4,7-8,12,17H,5-6,9-11,19H2,1H3. The molecule has 0 saturated carbocycles. The largest absolute Gasteiger partial charge is 0.355 e. The average molecular weight is 294 g/mol. The van der Waals surface area contributed by atoms with Gasteiger partial charge in [-0.2, -0.15) is 0 Å². The minimum absolute atomic E-state index is 0.173. The molecule has 4 rings (SSSR count). The van der Waals surface area contributed by atoms with Gasteiger partial charge in [0.05, 0.1) is 6.20 Å². The summed E-state index contributed by atoms with van der Waals surface area (Å²) in [5.74, 6) is 0.984. The first-order valence-corrected chi connectivity index (χ1v) is 8.05. The first-order chi connectivity index (χ1) is 10.7. The molecule has 2 heterocycles. The van der Waals surface area contributed by atoms with E-state index in [0.29, 0.717) is 0 Å². The maximum atomic E-state index is 6.66. The minimum atomic E-state index is 0.173. The SMILES string of the molecule is Cc1cccc2c1CC1(CCN(c3cnccn3)CC1)C2N. The van der Waals surface area contributed by atoms with Crippen molar-refractivity contribution in [1.29, 1.82) is 0 Å². The summed E-state index contributed by atoms with van der Waals surface area (Å²) >= 11 is 0. The van der Waals surface area contributed by atoms with Crippen LogP contribution >= 0.6 is 0 Å². The van der Waals surface area contributed by atoms with Crippen LogP contribution in [0.4, 0.5) is 5.82 Å². The zero-order valence-electron chi connectivity index (χ0n) is 13.0. The molecule has 1 spiro atoms. The molecule has 1 saturated heterocycles. The molecule has 114 valence electrons. The second-order valence-corrected chi connectivity index (χ2v) is 6.71.